The fraction of sp³-hybridized carbons (Fsp3) is 0.467. The molecule has 0 saturated heterocycles. The molecule has 2 rings (SSSR count). The Balaban J connectivity index is 2.11. The molecule has 1 aromatic rings. The summed E-state index contributed by atoms with van der Waals surface area (Å²) < 4.78 is 5.60. The van der Waals surface area contributed by atoms with E-state index < -0.39 is 17.4 Å². The minimum atomic E-state index is -0.781. The summed E-state index contributed by atoms with van der Waals surface area (Å²) in [5.41, 5.74) is 5.32. The maximum absolute atomic E-state index is 12.4. The smallest absolute Gasteiger partial charge is 0.241 e. The third-order valence-corrected chi connectivity index (χ3v) is 3.57. The van der Waals surface area contributed by atoms with Crippen LogP contribution in [-0.2, 0) is 9.59 Å². The van der Waals surface area contributed by atoms with Gasteiger partial charge in [-0.25, -0.2) is 0 Å². The minimum absolute atomic E-state index is 0.192. The standard InChI is InChI=1S/C15H21N3O3/c1-15(2,14(16)20)9-18-13(19)12-10-5-3-4-6-11(10)21-8-7-17-12/h3-6,12,17H,7-9H2,1-2H3,(H2,16,20)(H,18,19). The van der Waals surface area contributed by atoms with E-state index in [0.717, 1.165) is 5.56 Å². The highest BCUT2D eigenvalue weighted by Gasteiger charge is 2.29. The van der Waals surface area contributed by atoms with Crippen molar-refractivity contribution < 1.29 is 14.3 Å². The Hall–Kier alpha value is -2.08. The lowest BCUT2D eigenvalue weighted by Gasteiger charge is -2.23. The molecule has 21 heavy (non-hydrogen) atoms. The fourth-order valence-corrected chi connectivity index (χ4v) is 2.06. The number of carbonyl (C=O) groups is 2. The van der Waals surface area contributed by atoms with Crippen molar-refractivity contribution in [3.8, 4) is 5.75 Å². The van der Waals surface area contributed by atoms with Gasteiger partial charge in [0.15, 0.2) is 0 Å². The Bertz CT molecular complexity index is 543. The number of benzene rings is 1. The number of para-hydroxylation sites is 1. The number of ether oxygens (including phenoxy) is 1. The van der Waals surface area contributed by atoms with E-state index >= 15 is 0 Å². The van der Waals surface area contributed by atoms with Gasteiger partial charge in [0.1, 0.15) is 18.4 Å². The van der Waals surface area contributed by atoms with Gasteiger partial charge in [0.25, 0.3) is 0 Å². The highest BCUT2D eigenvalue weighted by Crippen LogP contribution is 2.27. The molecule has 1 aliphatic rings. The molecule has 0 radical (unpaired) electrons. The van der Waals surface area contributed by atoms with Crippen LogP contribution < -0.4 is 21.1 Å². The molecule has 0 saturated carbocycles. The van der Waals surface area contributed by atoms with Gasteiger partial charge in [0.2, 0.25) is 11.8 Å². The summed E-state index contributed by atoms with van der Waals surface area (Å²) in [4.78, 5) is 23.7. The number of nitrogens with one attached hydrogen (secondary N) is 2. The molecule has 1 aromatic carbocycles. The van der Waals surface area contributed by atoms with Gasteiger partial charge < -0.3 is 15.8 Å². The third-order valence-electron chi connectivity index (χ3n) is 3.57. The van der Waals surface area contributed by atoms with Crippen LogP contribution in [-0.4, -0.2) is 31.5 Å². The van der Waals surface area contributed by atoms with Gasteiger partial charge in [-0.2, -0.15) is 0 Å². The first-order valence-electron chi connectivity index (χ1n) is 6.94. The zero-order chi connectivity index (χ0) is 15.5. The van der Waals surface area contributed by atoms with E-state index in [4.69, 9.17) is 10.5 Å². The first-order valence-corrected chi connectivity index (χ1v) is 6.94. The molecule has 0 spiro atoms. The number of carbonyl (C=O) groups excluding carboxylic acids is 2. The van der Waals surface area contributed by atoms with Gasteiger partial charge >= 0.3 is 0 Å². The minimum Gasteiger partial charge on any atom is -0.492 e. The Labute approximate surface area is 124 Å². The van der Waals surface area contributed by atoms with Crippen molar-refractivity contribution in [2.75, 3.05) is 19.7 Å². The van der Waals surface area contributed by atoms with E-state index in [0.29, 0.717) is 18.9 Å². The second-order valence-electron chi connectivity index (χ2n) is 5.74. The molecule has 1 aliphatic heterocycles. The molecule has 4 N–H and O–H groups in total. The highest BCUT2D eigenvalue weighted by molar-refractivity contribution is 5.85. The predicted molar refractivity (Wildman–Crippen MR) is 78.7 cm³/mol. The average molecular weight is 291 g/mol. The molecule has 6 heteroatoms. The first kappa shape index (κ1) is 15.3. The Morgan fingerprint density at radius 3 is 2.86 bits per heavy atom. The van der Waals surface area contributed by atoms with Crippen molar-refractivity contribution in [3.05, 3.63) is 29.8 Å². The SMILES string of the molecule is CC(C)(CNC(=O)C1NCCOc2ccccc21)C(N)=O. The molecule has 2 amide bonds. The second-order valence-corrected chi connectivity index (χ2v) is 5.74. The van der Waals surface area contributed by atoms with Crippen molar-refractivity contribution in [2.24, 2.45) is 11.1 Å². The number of amides is 2. The van der Waals surface area contributed by atoms with Crippen LogP contribution in [0.15, 0.2) is 24.3 Å². The fourth-order valence-electron chi connectivity index (χ4n) is 2.06. The lowest BCUT2D eigenvalue weighted by atomic mass is 9.92. The zero-order valence-electron chi connectivity index (χ0n) is 12.3. The van der Waals surface area contributed by atoms with Crippen LogP contribution in [0.5, 0.6) is 5.75 Å². The quantitative estimate of drug-likeness (QED) is 0.745. The summed E-state index contributed by atoms with van der Waals surface area (Å²) in [6.45, 7) is 4.68. The van der Waals surface area contributed by atoms with Crippen LogP contribution in [0, 0.1) is 5.41 Å². The summed E-state index contributed by atoms with van der Waals surface area (Å²) in [6.07, 6.45) is 0. The van der Waals surface area contributed by atoms with E-state index in [9.17, 15) is 9.59 Å². The van der Waals surface area contributed by atoms with Gasteiger partial charge in [0.05, 0.1) is 5.41 Å². The van der Waals surface area contributed by atoms with Crippen molar-refractivity contribution in [2.45, 2.75) is 19.9 Å². The summed E-state index contributed by atoms with van der Waals surface area (Å²) in [7, 11) is 0. The lowest BCUT2D eigenvalue weighted by Crippen LogP contribution is -2.45. The molecule has 0 aliphatic carbocycles. The Morgan fingerprint density at radius 2 is 2.14 bits per heavy atom. The summed E-state index contributed by atoms with van der Waals surface area (Å²) >= 11 is 0. The van der Waals surface area contributed by atoms with Crippen molar-refractivity contribution in [1.82, 2.24) is 10.6 Å². The van der Waals surface area contributed by atoms with E-state index in [-0.39, 0.29) is 12.5 Å². The maximum atomic E-state index is 12.4. The van der Waals surface area contributed by atoms with Gasteiger partial charge in [-0.05, 0) is 19.9 Å². The summed E-state index contributed by atoms with van der Waals surface area (Å²) in [5.74, 6) is 0.0689. The Morgan fingerprint density at radius 1 is 1.43 bits per heavy atom. The van der Waals surface area contributed by atoms with E-state index in [1.54, 1.807) is 13.8 Å². The normalized spacial score (nSPS) is 18.1. The van der Waals surface area contributed by atoms with E-state index in [2.05, 4.69) is 10.6 Å². The van der Waals surface area contributed by atoms with Crippen LogP contribution in [0.3, 0.4) is 0 Å². The van der Waals surface area contributed by atoms with Crippen LogP contribution in [0.1, 0.15) is 25.5 Å². The highest BCUT2D eigenvalue weighted by atomic mass is 16.5. The number of fused-ring (bicyclic) bond motifs is 1. The molecular weight excluding hydrogens is 270 g/mol. The number of hydrogen-bond acceptors (Lipinski definition) is 4. The molecule has 114 valence electrons. The van der Waals surface area contributed by atoms with Gasteiger partial charge in [0, 0.05) is 18.7 Å². The van der Waals surface area contributed by atoms with Gasteiger partial charge in [-0.3, -0.25) is 14.9 Å². The molecule has 0 fully saturated rings. The number of primary amides is 1. The monoisotopic (exact) mass is 291 g/mol. The summed E-state index contributed by atoms with van der Waals surface area (Å²) in [5, 5.41) is 5.93. The number of nitrogens with two attached hydrogens (primary N) is 1. The van der Waals surface area contributed by atoms with Crippen LogP contribution >= 0.6 is 0 Å². The van der Waals surface area contributed by atoms with Crippen LogP contribution in [0.2, 0.25) is 0 Å². The van der Waals surface area contributed by atoms with Gasteiger partial charge in [-0.1, -0.05) is 18.2 Å². The van der Waals surface area contributed by atoms with E-state index in [1.807, 2.05) is 24.3 Å². The molecule has 6 nitrogen and oxygen atoms in total. The van der Waals surface area contributed by atoms with Crippen LogP contribution in [0.4, 0.5) is 0 Å². The first-order chi connectivity index (χ1) is 9.92. The molecule has 0 bridgehead atoms. The molecular formula is C15H21N3O3. The Kier molecular flexibility index (Phi) is 4.47. The van der Waals surface area contributed by atoms with Gasteiger partial charge in [-0.15, -0.1) is 0 Å². The molecule has 0 aromatic heterocycles. The zero-order valence-corrected chi connectivity index (χ0v) is 12.3. The molecule has 1 unspecified atom stereocenters. The third kappa shape index (κ3) is 3.52. The van der Waals surface area contributed by atoms with Crippen molar-refractivity contribution in [1.29, 1.82) is 0 Å². The molecule has 1 heterocycles. The number of hydrogen-bond donors (Lipinski definition) is 3. The number of rotatable bonds is 4. The van der Waals surface area contributed by atoms with Crippen molar-refractivity contribution in [3.63, 3.8) is 0 Å². The average Bonchev–Trinajstić information content (AvgIpc) is 2.67. The molecule has 1 atom stereocenters. The largest absolute Gasteiger partial charge is 0.492 e. The summed E-state index contributed by atoms with van der Waals surface area (Å²) in [6, 6.07) is 6.94. The topological polar surface area (TPSA) is 93.4 Å². The second kappa shape index (κ2) is 6.13. The maximum Gasteiger partial charge on any atom is 0.241 e. The van der Waals surface area contributed by atoms with E-state index in [1.165, 1.54) is 0 Å². The van der Waals surface area contributed by atoms with Crippen LogP contribution in [0.25, 0.3) is 0 Å². The van der Waals surface area contributed by atoms with Crippen molar-refractivity contribution >= 4 is 11.8 Å². The lowest BCUT2D eigenvalue weighted by molar-refractivity contribution is -0.127. The predicted octanol–water partition coefficient (Wildman–Crippen LogP) is 0.337.